The van der Waals surface area contributed by atoms with Crippen molar-refractivity contribution in [2.75, 3.05) is 18.5 Å². The summed E-state index contributed by atoms with van der Waals surface area (Å²) >= 11 is 5.20. The molecule has 5 heteroatoms. The highest BCUT2D eigenvalue weighted by molar-refractivity contribution is 9.10. The maximum atomic E-state index is 4.48. The molecule has 1 heterocycles. The lowest BCUT2D eigenvalue weighted by Gasteiger charge is -2.15. The van der Waals surface area contributed by atoms with Gasteiger partial charge in [-0.2, -0.15) is 0 Å². The monoisotopic (exact) mass is 339 g/mol. The average molecular weight is 340 g/mol. The molecular weight excluding hydrogens is 322 g/mol. The number of hydrogen-bond acceptors (Lipinski definition) is 4. The van der Waals surface area contributed by atoms with E-state index < -0.39 is 0 Å². The topological polar surface area (TPSA) is 28.2 Å². The fourth-order valence-electron chi connectivity index (χ4n) is 1.73. The summed E-state index contributed by atoms with van der Waals surface area (Å²) in [6.07, 6.45) is 1.96. The first kappa shape index (κ1) is 14.5. The number of aromatic nitrogens is 1. The summed E-state index contributed by atoms with van der Waals surface area (Å²) < 4.78 is 1.11. The normalized spacial score (nSPS) is 10.7. The molecule has 19 heavy (non-hydrogen) atoms. The molecule has 0 aliphatic rings. The number of thiazole rings is 1. The summed E-state index contributed by atoms with van der Waals surface area (Å²) in [5.74, 6) is 0. The number of anilines is 1. The van der Waals surface area contributed by atoms with E-state index in [-0.39, 0.29) is 0 Å². The Hall–Kier alpha value is -0.910. The van der Waals surface area contributed by atoms with Gasteiger partial charge in [-0.25, -0.2) is 4.98 Å². The highest BCUT2D eigenvalue weighted by atomic mass is 79.9. The first-order chi connectivity index (χ1) is 9.19. The molecule has 0 spiro atoms. The zero-order chi connectivity index (χ0) is 13.7. The van der Waals surface area contributed by atoms with E-state index in [2.05, 4.69) is 69.4 Å². The molecule has 2 rings (SSSR count). The van der Waals surface area contributed by atoms with Gasteiger partial charge in [-0.3, -0.25) is 0 Å². The van der Waals surface area contributed by atoms with Gasteiger partial charge in [0, 0.05) is 35.7 Å². The molecule has 0 bridgehead atoms. The summed E-state index contributed by atoms with van der Waals surface area (Å²) in [6, 6.07) is 8.41. The lowest BCUT2D eigenvalue weighted by molar-refractivity contribution is 0.734. The molecule has 102 valence electrons. The third-order valence-corrected chi connectivity index (χ3v) is 4.39. The molecule has 1 N–H and O–H groups in total. The molecule has 0 saturated heterocycles. The van der Waals surface area contributed by atoms with Gasteiger partial charge in [0.25, 0.3) is 0 Å². The van der Waals surface area contributed by atoms with Gasteiger partial charge in [0.2, 0.25) is 0 Å². The van der Waals surface area contributed by atoms with Gasteiger partial charge in [0.15, 0.2) is 5.13 Å². The van der Waals surface area contributed by atoms with Crippen LogP contribution in [0.1, 0.15) is 17.4 Å². The van der Waals surface area contributed by atoms with E-state index in [0.29, 0.717) is 0 Å². The third kappa shape index (κ3) is 4.30. The molecule has 0 aliphatic heterocycles. The SMILES string of the molecule is CCNCc1cnc(N(C)Cc2ccc(Br)cc2)s1. The van der Waals surface area contributed by atoms with E-state index in [1.165, 1.54) is 10.4 Å². The van der Waals surface area contributed by atoms with Crippen molar-refractivity contribution in [2.45, 2.75) is 20.0 Å². The summed E-state index contributed by atoms with van der Waals surface area (Å²) in [6.45, 7) is 4.88. The molecule has 1 aromatic heterocycles. The number of halogens is 1. The van der Waals surface area contributed by atoms with Crippen LogP contribution in [0, 0.1) is 0 Å². The van der Waals surface area contributed by atoms with Crippen molar-refractivity contribution in [3.63, 3.8) is 0 Å². The van der Waals surface area contributed by atoms with Crippen molar-refractivity contribution in [3.8, 4) is 0 Å². The van der Waals surface area contributed by atoms with E-state index in [1.54, 1.807) is 11.3 Å². The van der Waals surface area contributed by atoms with Crippen LogP contribution in [-0.4, -0.2) is 18.6 Å². The second kappa shape index (κ2) is 7.03. The predicted octanol–water partition coefficient (Wildman–Crippen LogP) is 3.65. The number of nitrogens with one attached hydrogen (secondary N) is 1. The van der Waals surface area contributed by atoms with Crippen molar-refractivity contribution < 1.29 is 0 Å². The van der Waals surface area contributed by atoms with Crippen LogP contribution in [0.15, 0.2) is 34.9 Å². The highest BCUT2D eigenvalue weighted by Gasteiger charge is 2.07. The highest BCUT2D eigenvalue weighted by Crippen LogP contribution is 2.23. The van der Waals surface area contributed by atoms with Gasteiger partial charge in [0.1, 0.15) is 0 Å². The standard InChI is InChI=1S/C14H18BrN3S/c1-3-16-8-13-9-17-14(19-13)18(2)10-11-4-6-12(15)7-5-11/h4-7,9,16H,3,8,10H2,1-2H3. The number of rotatable bonds is 6. The molecule has 1 aromatic carbocycles. The van der Waals surface area contributed by atoms with Crippen LogP contribution < -0.4 is 10.2 Å². The smallest absolute Gasteiger partial charge is 0.185 e. The minimum absolute atomic E-state index is 0.876. The number of nitrogens with zero attached hydrogens (tertiary/aromatic N) is 2. The van der Waals surface area contributed by atoms with Crippen LogP contribution in [0.5, 0.6) is 0 Å². The molecule has 0 aliphatic carbocycles. The lowest BCUT2D eigenvalue weighted by Crippen LogP contribution is -2.15. The van der Waals surface area contributed by atoms with Gasteiger partial charge >= 0.3 is 0 Å². The average Bonchev–Trinajstić information content (AvgIpc) is 2.88. The van der Waals surface area contributed by atoms with Gasteiger partial charge in [-0.15, -0.1) is 11.3 Å². The summed E-state index contributed by atoms with van der Waals surface area (Å²) in [5.41, 5.74) is 1.29. The van der Waals surface area contributed by atoms with E-state index >= 15 is 0 Å². The molecule has 2 aromatic rings. The molecule has 0 unspecified atom stereocenters. The molecule has 0 radical (unpaired) electrons. The molecule has 0 fully saturated rings. The summed E-state index contributed by atoms with van der Waals surface area (Å²) in [7, 11) is 2.08. The van der Waals surface area contributed by atoms with Crippen molar-refractivity contribution >= 4 is 32.4 Å². The molecule has 3 nitrogen and oxygen atoms in total. The Labute approximate surface area is 126 Å². The van der Waals surface area contributed by atoms with Gasteiger partial charge in [-0.05, 0) is 24.2 Å². The largest absolute Gasteiger partial charge is 0.347 e. The minimum Gasteiger partial charge on any atom is -0.347 e. The third-order valence-electron chi connectivity index (χ3n) is 2.75. The fraction of sp³-hybridized carbons (Fsp3) is 0.357. The second-order valence-corrected chi connectivity index (χ2v) is 6.38. The van der Waals surface area contributed by atoms with Crippen molar-refractivity contribution in [1.29, 1.82) is 0 Å². The van der Waals surface area contributed by atoms with Crippen molar-refractivity contribution in [2.24, 2.45) is 0 Å². The first-order valence-electron chi connectivity index (χ1n) is 6.30. The maximum Gasteiger partial charge on any atom is 0.185 e. The Kier molecular flexibility index (Phi) is 5.36. The zero-order valence-corrected chi connectivity index (χ0v) is 13.6. The Morgan fingerprint density at radius 1 is 1.32 bits per heavy atom. The van der Waals surface area contributed by atoms with Gasteiger partial charge < -0.3 is 10.2 Å². The number of hydrogen-bond donors (Lipinski definition) is 1. The van der Waals surface area contributed by atoms with E-state index in [4.69, 9.17) is 0 Å². The first-order valence-corrected chi connectivity index (χ1v) is 7.91. The zero-order valence-electron chi connectivity index (χ0n) is 11.2. The van der Waals surface area contributed by atoms with Crippen molar-refractivity contribution in [1.82, 2.24) is 10.3 Å². The lowest BCUT2D eigenvalue weighted by atomic mass is 10.2. The van der Waals surface area contributed by atoms with Crippen LogP contribution in [0.25, 0.3) is 0 Å². The predicted molar refractivity (Wildman–Crippen MR) is 85.7 cm³/mol. The number of benzene rings is 1. The van der Waals surface area contributed by atoms with E-state index in [1.807, 2.05) is 6.20 Å². The van der Waals surface area contributed by atoms with Crippen LogP contribution in [-0.2, 0) is 13.1 Å². The molecule has 0 amide bonds. The second-order valence-electron chi connectivity index (χ2n) is 4.37. The Balaban J connectivity index is 1.97. The maximum absolute atomic E-state index is 4.48. The van der Waals surface area contributed by atoms with E-state index in [0.717, 1.165) is 29.2 Å². The van der Waals surface area contributed by atoms with Crippen LogP contribution >= 0.6 is 27.3 Å². The Bertz CT molecular complexity index is 510. The van der Waals surface area contributed by atoms with Gasteiger partial charge in [-0.1, -0.05) is 35.0 Å². The fourth-order valence-corrected chi connectivity index (χ4v) is 2.84. The Morgan fingerprint density at radius 2 is 2.05 bits per heavy atom. The van der Waals surface area contributed by atoms with Crippen molar-refractivity contribution in [3.05, 3.63) is 45.4 Å². The summed E-state index contributed by atoms with van der Waals surface area (Å²) in [4.78, 5) is 7.94. The minimum atomic E-state index is 0.876. The van der Waals surface area contributed by atoms with Gasteiger partial charge in [0.05, 0.1) is 0 Å². The quantitative estimate of drug-likeness (QED) is 0.870. The molecule has 0 atom stereocenters. The van der Waals surface area contributed by atoms with E-state index in [9.17, 15) is 0 Å². The Morgan fingerprint density at radius 3 is 2.74 bits per heavy atom. The molecule has 0 saturated carbocycles. The molecular formula is C14H18BrN3S. The van der Waals surface area contributed by atoms with Crippen LogP contribution in [0.4, 0.5) is 5.13 Å². The summed E-state index contributed by atoms with van der Waals surface area (Å²) in [5, 5.41) is 4.38. The van der Waals surface area contributed by atoms with Crippen LogP contribution in [0.2, 0.25) is 0 Å². The van der Waals surface area contributed by atoms with Crippen LogP contribution in [0.3, 0.4) is 0 Å².